The van der Waals surface area contributed by atoms with Gasteiger partial charge in [0.1, 0.15) is 0 Å². The molecule has 110 valence electrons. The predicted molar refractivity (Wildman–Crippen MR) is 77.9 cm³/mol. The molecule has 19 heavy (non-hydrogen) atoms. The van der Waals surface area contributed by atoms with E-state index in [9.17, 15) is 4.79 Å². The molecule has 2 aliphatic heterocycles. The fraction of sp³-hybridized carbons (Fsp3) is 0.933. The van der Waals surface area contributed by atoms with Gasteiger partial charge in [0.25, 0.3) is 0 Å². The fourth-order valence-electron chi connectivity index (χ4n) is 3.10. The van der Waals surface area contributed by atoms with E-state index >= 15 is 0 Å². The lowest BCUT2D eigenvalue weighted by molar-refractivity contribution is -0.133. The summed E-state index contributed by atoms with van der Waals surface area (Å²) in [6.07, 6.45) is 7.34. The minimum Gasteiger partial charge on any atom is -0.342 e. The van der Waals surface area contributed by atoms with Gasteiger partial charge in [-0.2, -0.15) is 0 Å². The number of piperidine rings is 1. The van der Waals surface area contributed by atoms with Crippen LogP contribution in [0.4, 0.5) is 0 Å². The number of carbonyl (C=O) groups excluding carboxylic acids is 1. The highest BCUT2D eigenvalue weighted by Gasteiger charge is 2.25. The van der Waals surface area contributed by atoms with Crippen molar-refractivity contribution >= 4 is 5.91 Å². The zero-order chi connectivity index (χ0) is 13.7. The highest BCUT2D eigenvalue weighted by atomic mass is 16.2. The largest absolute Gasteiger partial charge is 0.342 e. The number of nitrogens with zero attached hydrogens (tertiary/aromatic N) is 2. The van der Waals surface area contributed by atoms with Crippen molar-refractivity contribution in [2.75, 3.05) is 32.7 Å². The van der Waals surface area contributed by atoms with E-state index in [1.54, 1.807) is 0 Å². The van der Waals surface area contributed by atoms with Gasteiger partial charge < -0.3 is 10.6 Å². The van der Waals surface area contributed by atoms with E-state index in [1.165, 1.54) is 32.1 Å². The van der Waals surface area contributed by atoms with Crippen LogP contribution >= 0.6 is 0 Å². The molecule has 2 saturated heterocycles. The third-order valence-electron chi connectivity index (χ3n) is 4.67. The molecule has 0 aromatic heterocycles. The van der Waals surface area contributed by atoms with Crippen molar-refractivity contribution < 1.29 is 4.79 Å². The molecule has 4 nitrogen and oxygen atoms in total. The van der Waals surface area contributed by atoms with E-state index in [1.807, 2.05) is 0 Å². The number of nitrogens with two attached hydrogens (primary N) is 1. The number of carbonyl (C=O) groups is 1. The van der Waals surface area contributed by atoms with Gasteiger partial charge >= 0.3 is 0 Å². The number of amides is 1. The summed E-state index contributed by atoms with van der Waals surface area (Å²) in [5, 5.41) is 0. The average molecular weight is 267 g/mol. The Labute approximate surface area is 117 Å². The second kappa shape index (κ2) is 7.25. The molecule has 0 radical (unpaired) electrons. The van der Waals surface area contributed by atoms with Gasteiger partial charge in [0.2, 0.25) is 5.91 Å². The first-order chi connectivity index (χ1) is 9.16. The Morgan fingerprint density at radius 3 is 2.37 bits per heavy atom. The van der Waals surface area contributed by atoms with E-state index in [2.05, 4.69) is 16.7 Å². The van der Waals surface area contributed by atoms with Crippen LogP contribution in [-0.4, -0.2) is 54.5 Å². The van der Waals surface area contributed by atoms with Crippen LogP contribution in [0.25, 0.3) is 0 Å². The molecule has 2 unspecified atom stereocenters. The fourth-order valence-corrected chi connectivity index (χ4v) is 3.10. The predicted octanol–water partition coefficient (Wildman–Crippen LogP) is 1.45. The first kappa shape index (κ1) is 14.8. The average Bonchev–Trinajstić information content (AvgIpc) is 2.33. The van der Waals surface area contributed by atoms with E-state index in [4.69, 9.17) is 5.73 Å². The topological polar surface area (TPSA) is 49.6 Å². The first-order valence-corrected chi connectivity index (χ1v) is 7.92. The summed E-state index contributed by atoms with van der Waals surface area (Å²) in [5.74, 6) is 0.900. The van der Waals surface area contributed by atoms with Crippen molar-refractivity contribution in [3.05, 3.63) is 0 Å². The monoisotopic (exact) mass is 267 g/mol. The van der Waals surface area contributed by atoms with Crippen molar-refractivity contribution in [3.8, 4) is 0 Å². The van der Waals surface area contributed by atoms with Gasteiger partial charge in [0.05, 0.1) is 6.54 Å². The molecule has 2 aliphatic rings. The normalized spacial score (nSPS) is 30.7. The molecule has 2 atom stereocenters. The van der Waals surface area contributed by atoms with E-state index in [-0.39, 0.29) is 6.04 Å². The summed E-state index contributed by atoms with van der Waals surface area (Å²) in [5.41, 5.74) is 6.10. The minimum atomic E-state index is 0.230. The summed E-state index contributed by atoms with van der Waals surface area (Å²) in [6.45, 7) is 6.59. The second-order valence-electron chi connectivity index (χ2n) is 6.31. The van der Waals surface area contributed by atoms with E-state index in [0.717, 1.165) is 32.6 Å². The zero-order valence-electron chi connectivity index (χ0n) is 12.3. The molecule has 2 heterocycles. The SMILES string of the molecule is CC1CCN(CC(=O)N2CCCCCCC2)CC1N. The lowest BCUT2D eigenvalue weighted by atomic mass is 9.94. The summed E-state index contributed by atoms with van der Waals surface area (Å²) in [4.78, 5) is 16.7. The van der Waals surface area contributed by atoms with Gasteiger partial charge in [-0.1, -0.05) is 26.2 Å². The molecule has 0 aromatic carbocycles. The summed E-state index contributed by atoms with van der Waals surface area (Å²) in [7, 11) is 0. The Balaban J connectivity index is 1.79. The van der Waals surface area contributed by atoms with Gasteiger partial charge in [-0.3, -0.25) is 9.69 Å². The zero-order valence-corrected chi connectivity index (χ0v) is 12.3. The standard InChI is InChI=1S/C15H29N3O/c1-13-7-10-17(11-14(13)16)12-15(19)18-8-5-3-2-4-6-9-18/h13-14H,2-12,16H2,1H3. The molecule has 0 bridgehead atoms. The van der Waals surface area contributed by atoms with Gasteiger partial charge in [-0.15, -0.1) is 0 Å². The molecule has 0 saturated carbocycles. The summed E-state index contributed by atoms with van der Waals surface area (Å²) >= 11 is 0. The van der Waals surface area contributed by atoms with Crippen molar-refractivity contribution in [2.24, 2.45) is 11.7 Å². The van der Waals surface area contributed by atoms with Crippen LogP contribution < -0.4 is 5.73 Å². The van der Waals surface area contributed by atoms with Gasteiger partial charge in [-0.05, 0) is 31.7 Å². The number of likely N-dealkylation sites (tertiary alicyclic amines) is 2. The smallest absolute Gasteiger partial charge is 0.236 e. The Morgan fingerprint density at radius 1 is 1.11 bits per heavy atom. The molecule has 2 rings (SSSR count). The maximum absolute atomic E-state index is 12.4. The quantitative estimate of drug-likeness (QED) is 0.824. The first-order valence-electron chi connectivity index (χ1n) is 7.92. The van der Waals surface area contributed by atoms with E-state index in [0.29, 0.717) is 18.4 Å². The van der Waals surface area contributed by atoms with Crippen LogP contribution in [0, 0.1) is 5.92 Å². The van der Waals surface area contributed by atoms with Gasteiger partial charge in [0.15, 0.2) is 0 Å². The third kappa shape index (κ3) is 4.46. The van der Waals surface area contributed by atoms with Crippen molar-refractivity contribution in [2.45, 2.75) is 51.5 Å². The molecule has 0 aliphatic carbocycles. The Hall–Kier alpha value is -0.610. The number of rotatable bonds is 2. The minimum absolute atomic E-state index is 0.230. The van der Waals surface area contributed by atoms with Gasteiger partial charge in [0, 0.05) is 25.7 Å². The van der Waals surface area contributed by atoms with Crippen molar-refractivity contribution in [1.82, 2.24) is 9.80 Å². The van der Waals surface area contributed by atoms with Crippen LogP contribution in [0.5, 0.6) is 0 Å². The Kier molecular flexibility index (Phi) is 5.64. The van der Waals surface area contributed by atoms with E-state index < -0.39 is 0 Å². The van der Waals surface area contributed by atoms with Crippen LogP contribution in [0.2, 0.25) is 0 Å². The Morgan fingerprint density at radius 2 is 1.74 bits per heavy atom. The third-order valence-corrected chi connectivity index (χ3v) is 4.67. The lowest BCUT2D eigenvalue weighted by Gasteiger charge is -2.36. The van der Waals surface area contributed by atoms with Crippen LogP contribution in [0.15, 0.2) is 0 Å². The highest BCUT2D eigenvalue weighted by molar-refractivity contribution is 5.78. The summed E-state index contributed by atoms with van der Waals surface area (Å²) in [6, 6.07) is 0.230. The molecular formula is C15H29N3O. The molecule has 0 aromatic rings. The molecule has 2 fully saturated rings. The van der Waals surface area contributed by atoms with Crippen molar-refractivity contribution in [3.63, 3.8) is 0 Å². The summed E-state index contributed by atoms with van der Waals surface area (Å²) < 4.78 is 0. The molecule has 0 spiro atoms. The lowest BCUT2D eigenvalue weighted by Crippen LogP contribution is -2.51. The van der Waals surface area contributed by atoms with Crippen molar-refractivity contribution in [1.29, 1.82) is 0 Å². The number of hydrogen-bond donors (Lipinski definition) is 1. The van der Waals surface area contributed by atoms with Crippen LogP contribution in [0.1, 0.15) is 45.4 Å². The molecular weight excluding hydrogens is 238 g/mol. The number of hydrogen-bond acceptors (Lipinski definition) is 3. The maximum Gasteiger partial charge on any atom is 0.236 e. The van der Waals surface area contributed by atoms with Crippen LogP contribution in [-0.2, 0) is 4.79 Å². The highest BCUT2D eigenvalue weighted by Crippen LogP contribution is 2.16. The maximum atomic E-state index is 12.4. The molecule has 1 amide bonds. The molecule has 4 heteroatoms. The second-order valence-corrected chi connectivity index (χ2v) is 6.31. The molecule has 2 N–H and O–H groups in total. The Bertz CT molecular complexity index is 287. The van der Waals surface area contributed by atoms with Gasteiger partial charge in [-0.25, -0.2) is 0 Å². The van der Waals surface area contributed by atoms with Crippen LogP contribution in [0.3, 0.4) is 0 Å².